The average Bonchev–Trinajstić information content (AvgIpc) is 2.85. The summed E-state index contributed by atoms with van der Waals surface area (Å²) in [6, 6.07) is 36.7. The lowest BCUT2D eigenvalue weighted by atomic mass is 10.1. The monoisotopic (exact) mass is 385 g/mol. The van der Waals surface area contributed by atoms with Gasteiger partial charge in [0.05, 0.1) is 17.1 Å². The molecule has 2 heterocycles. The van der Waals surface area contributed by atoms with Crippen molar-refractivity contribution in [2.75, 3.05) is 0 Å². The van der Waals surface area contributed by atoms with E-state index in [9.17, 15) is 0 Å². The van der Waals surface area contributed by atoms with Crippen molar-refractivity contribution in [1.82, 2.24) is 15.0 Å². The van der Waals surface area contributed by atoms with Gasteiger partial charge in [-0.3, -0.25) is 4.98 Å². The standard InChI is InChI=1S/C27H19N3/c1-3-9-20(10-4-1)25-19-26(21-11-5-2-6-12-21)30-27(29-25)23-16-14-22(15-17-23)24-13-7-8-18-28-24/h1-19H. The van der Waals surface area contributed by atoms with Gasteiger partial charge >= 0.3 is 0 Å². The first kappa shape index (κ1) is 18.0. The molecule has 0 aliphatic carbocycles. The molecule has 0 fully saturated rings. The molecule has 2 aromatic heterocycles. The Hall–Kier alpha value is -4.11. The zero-order valence-electron chi connectivity index (χ0n) is 16.3. The number of hydrogen-bond donors (Lipinski definition) is 0. The van der Waals surface area contributed by atoms with Gasteiger partial charge in [-0.25, -0.2) is 9.97 Å². The fourth-order valence-corrected chi connectivity index (χ4v) is 3.41. The zero-order valence-corrected chi connectivity index (χ0v) is 16.3. The van der Waals surface area contributed by atoms with Crippen molar-refractivity contribution in [2.24, 2.45) is 0 Å². The van der Waals surface area contributed by atoms with E-state index in [1.807, 2.05) is 60.8 Å². The molecule has 0 saturated heterocycles. The third-order valence-electron chi connectivity index (χ3n) is 4.97. The Balaban J connectivity index is 1.60. The highest BCUT2D eigenvalue weighted by Gasteiger charge is 2.10. The Bertz CT molecular complexity index is 1190. The van der Waals surface area contributed by atoms with Crippen molar-refractivity contribution in [3.63, 3.8) is 0 Å². The van der Waals surface area contributed by atoms with Crippen LogP contribution in [0.1, 0.15) is 0 Å². The first-order valence-electron chi connectivity index (χ1n) is 9.88. The SMILES string of the molecule is c1ccc(-c2cc(-c3ccccc3)nc(-c3ccc(-c4ccccn4)cc3)n2)cc1. The predicted octanol–water partition coefficient (Wildman–Crippen LogP) is 6.54. The molecule has 5 rings (SSSR count). The molecule has 3 aromatic carbocycles. The summed E-state index contributed by atoms with van der Waals surface area (Å²) in [7, 11) is 0. The lowest BCUT2D eigenvalue weighted by molar-refractivity contribution is 1.18. The van der Waals surface area contributed by atoms with Gasteiger partial charge in [0.25, 0.3) is 0 Å². The summed E-state index contributed by atoms with van der Waals surface area (Å²) in [6.07, 6.45) is 1.81. The van der Waals surface area contributed by atoms with Gasteiger partial charge in [-0.1, -0.05) is 91.0 Å². The Kier molecular flexibility index (Phi) is 4.84. The zero-order chi connectivity index (χ0) is 20.2. The van der Waals surface area contributed by atoms with Gasteiger partial charge in [-0.2, -0.15) is 0 Å². The number of hydrogen-bond acceptors (Lipinski definition) is 3. The third kappa shape index (κ3) is 3.74. The fraction of sp³-hybridized carbons (Fsp3) is 0. The maximum absolute atomic E-state index is 4.88. The van der Waals surface area contributed by atoms with E-state index < -0.39 is 0 Å². The van der Waals surface area contributed by atoms with E-state index in [0.29, 0.717) is 5.82 Å². The molecular formula is C27H19N3. The van der Waals surface area contributed by atoms with Crippen molar-refractivity contribution in [2.45, 2.75) is 0 Å². The minimum atomic E-state index is 0.711. The summed E-state index contributed by atoms with van der Waals surface area (Å²) < 4.78 is 0. The largest absolute Gasteiger partial charge is 0.256 e. The van der Waals surface area contributed by atoms with E-state index in [2.05, 4.69) is 59.6 Å². The lowest BCUT2D eigenvalue weighted by Crippen LogP contribution is -1.96. The van der Waals surface area contributed by atoms with Crippen LogP contribution in [-0.4, -0.2) is 15.0 Å². The van der Waals surface area contributed by atoms with Gasteiger partial charge in [0.15, 0.2) is 5.82 Å². The van der Waals surface area contributed by atoms with Gasteiger partial charge in [-0.15, -0.1) is 0 Å². The van der Waals surface area contributed by atoms with E-state index in [1.54, 1.807) is 0 Å². The van der Waals surface area contributed by atoms with Gasteiger partial charge in [0, 0.05) is 28.5 Å². The van der Waals surface area contributed by atoms with Crippen LogP contribution in [0.15, 0.2) is 115 Å². The second-order valence-corrected chi connectivity index (χ2v) is 6.99. The molecule has 0 amide bonds. The third-order valence-corrected chi connectivity index (χ3v) is 4.97. The smallest absolute Gasteiger partial charge is 0.160 e. The Morgan fingerprint density at radius 3 is 1.43 bits per heavy atom. The predicted molar refractivity (Wildman–Crippen MR) is 122 cm³/mol. The first-order chi connectivity index (χ1) is 14.9. The molecule has 0 bridgehead atoms. The molecular weight excluding hydrogens is 366 g/mol. The molecule has 0 radical (unpaired) electrons. The highest BCUT2D eigenvalue weighted by Crippen LogP contribution is 2.28. The molecule has 0 unspecified atom stereocenters. The van der Waals surface area contributed by atoms with E-state index in [-0.39, 0.29) is 0 Å². The lowest BCUT2D eigenvalue weighted by Gasteiger charge is -2.10. The van der Waals surface area contributed by atoms with Crippen LogP contribution in [0.3, 0.4) is 0 Å². The Labute approximate surface area is 175 Å². The van der Waals surface area contributed by atoms with Crippen molar-refractivity contribution >= 4 is 0 Å². The van der Waals surface area contributed by atoms with E-state index in [0.717, 1.165) is 39.3 Å². The van der Waals surface area contributed by atoms with E-state index >= 15 is 0 Å². The molecule has 3 nitrogen and oxygen atoms in total. The van der Waals surface area contributed by atoms with Crippen molar-refractivity contribution in [3.05, 3.63) is 115 Å². The van der Waals surface area contributed by atoms with Crippen LogP contribution in [0, 0.1) is 0 Å². The number of benzene rings is 3. The summed E-state index contributed by atoms with van der Waals surface area (Å²) in [5.41, 5.74) is 6.97. The molecule has 30 heavy (non-hydrogen) atoms. The van der Waals surface area contributed by atoms with Gasteiger partial charge in [0.1, 0.15) is 0 Å². The fourth-order valence-electron chi connectivity index (χ4n) is 3.41. The van der Waals surface area contributed by atoms with Crippen LogP contribution in [0.25, 0.3) is 45.2 Å². The first-order valence-corrected chi connectivity index (χ1v) is 9.88. The average molecular weight is 385 g/mol. The topological polar surface area (TPSA) is 38.7 Å². The van der Waals surface area contributed by atoms with Crippen LogP contribution in [0.2, 0.25) is 0 Å². The van der Waals surface area contributed by atoms with E-state index in [1.165, 1.54) is 0 Å². The number of rotatable bonds is 4. The number of nitrogens with zero attached hydrogens (tertiary/aromatic N) is 3. The maximum atomic E-state index is 4.88. The van der Waals surface area contributed by atoms with Crippen LogP contribution < -0.4 is 0 Å². The second-order valence-electron chi connectivity index (χ2n) is 6.99. The molecule has 0 aliphatic heterocycles. The summed E-state index contributed by atoms with van der Waals surface area (Å²) in [4.78, 5) is 14.2. The molecule has 5 aromatic rings. The molecule has 142 valence electrons. The molecule has 0 atom stereocenters. The summed E-state index contributed by atoms with van der Waals surface area (Å²) >= 11 is 0. The summed E-state index contributed by atoms with van der Waals surface area (Å²) in [5.74, 6) is 0.711. The molecule has 0 N–H and O–H groups in total. The maximum Gasteiger partial charge on any atom is 0.160 e. The quantitative estimate of drug-likeness (QED) is 0.352. The van der Waals surface area contributed by atoms with Crippen molar-refractivity contribution in [1.29, 1.82) is 0 Å². The van der Waals surface area contributed by atoms with Crippen LogP contribution >= 0.6 is 0 Å². The minimum absolute atomic E-state index is 0.711. The van der Waals surface area contributed by atoms with Crippen molar-refractivity contribution < 1.29 is 0 Å². The van der Waals surface area contributed by atoms with Crippen LogP contribution in [0.4, 0.5) is 0 Å². The number of pyridine rings is 1. The van der Waals surface area contributed by atoms with Gasteiger partial charge in [-0.05, 0) is 18.2 Å². The number of aromatic nitrogens is 3. The van der Waals surface area contributed by atoms with Crippen LogP contribution in [0.5, 0.6) is 0 Å². The van der Waals surface area contributed by atoms with Crippen molar-refractivity contribution in [3.8, 4) is 45.2 Å². The minimum Gasteiger partial charge on any atom is -0.256 e. The van der Waals surface area contributed by atoms with Gasteiger partial charge in [0.2, 0.25) is 0 Å². The highest BCUT2D eigenvalue weighted by molar-refractivity contribution is 5.72. The highest BCUT2D eigenvalue weighted by atomic mass is 14.9. The second kappa shape index (κ2) is 8.10. The van der Waals surface area contributed by atoms with Crippen LogP contribution in [-0.2, 0) is 0 Å². The molecule has 0 spiro atoms. The normalized spacial score (nSPS) is 10.7. The van der Waals surface area contributed by atoms with E-state index in [4.69, 9.17) is 9.97 Å². The Morgan fingerprint density at radius 1 is 0.400 bits per heavy atom. The summed E-state index contributed by atoms with van der Waals surface area (Å²) in [6.45, 7) is 0. The molecule has 3 heteroatoms. The molecule has 0 saturated carbocycles. The molecule has 0 aliphatic rings. The Morgan fingerprint density at radius 2 is 0.900 bits per heavy atom. The van der Waals surface area contributed by atoms with Gasteiger partial charge < -0.3 is 0 Å². The summed E-state index contributed by atoms with van der Waals surface area (Å²) in [5, 5.41) is 0.